The molecule has 0 fully saturated rings. The maximum absolute atomic E-state index is 13.5. The number of carboxylic acid groups (broad SMARTS) is 1. The number of aromatic carboxylic acids is 1. The van der Waals surface area contributed by atoms with Gasteiger partial charge in [0.2, 0.25) is 0 Å². The summed E-state index contributed by atoms with van der Waals surface area (Å²) < 4.78 is 14.2. The zero-order valence-corrected chi connectivity index (χ0v) is 11.5. The fourth-order valence-electron chi connectivity index (χ4n) is 1.84. The molecule has 3 aromatic rings. The summed E-state index contributed by atoms with van der Waals surface area (Å²) in [7, 11) is 0. The van der Waals surface area contributed by atoms with Gasteiger partial charge in [-0.15, -0.1) is 11.3 Å². The molecule has 1 aromatic heterocycles. The number of halogens is 2. The van der Waals surface area contributed by atoms with Crippen LogP contribution >= 0.6 is 22.9 Å². The molecule has 0 saturated heterocycles. The Balaban J connectivity index is 2.18. The molecule has 1 heterocycles. The lowest BCUT2D eigenvalue weighted by molar-refractivity contribution is 0.0697. The molecule has 6 heteroatoms. The van der Waals surface area contributed by atoms with Gasteiger partial charge < -0.3 is 5.11 Å². The van der Waals surface area contributed by atoms with E-state index in [1.165, 1.54) is 23.5 Å². The lowest BCUT2D eigenvalue weighted by atomic mass is 10.2. The third-order valence-corrected chi connectivity index (χ3v) is 4.25. The van der Waals surface area contributed by atoms with Crippen LogP contribution in [0.15, 0.2) is 36.4 Å². The topological polar surface area (TPSA) is 50.2 Å². The quantitative estimate of drug-likeness (QED) is 0.760. The Morgan fingerprint density at radius 1 is 1.30 bits per heavy atom. The highest BCUT2D eigenvalue weighted by molar-refractivity contribution is 7.21. The van der Waals surface area contributed by atoms with Gasteiger partial charge in [-0.25, -0.2) is 14.2 Å². The van der Waals surface area contributed by atoms with Gasteiger partial charge >= 0.3 is 5.97 Å². The van der Waals surface area contributed by atoms with E-state index in [1.807, 2.05) is 0 Å². The van der Waals surface area contributed by atoms with E-state index in [0.29, 0.717) is 16.1 Å². The first-order valence-electron chi connectivity index (χ1n) is 5.64. The number of rotatable bonds is 2. The second-order valence-electron chi connectivity index (χ2n) is 4.11. The first kappa shape index (κ1) is 13.0. The predicted molar refractivity (Wildman–Crippen MR) is 77.0 cm³/mol. The van der Waals surface area contributed by atoms with E-state index < -0.39 is 11.8 Å². The van der Waals surface area contributed by atoms with Gasteiger partial charge in [-0.2, -0.15) is 0 Å². The van der Waals surface area contributed by atoms with Crippen molar-refractivity contribution < 1.29 is 14.3 Å². The summed E-state index contributed by atoms with van der Waals surface area (Å²) in [4.78, 5) is 15.3. The van der Waals surface area contributed by atoms with Gasteiger partial charge in [0.05, 0.1) is 20.8 Å². The van der Waals surface area contributed by atoms with Crippen LogP contribution in [0.25, 0.3) is 20.8 Å². The van der Waals surface area contributed by atoms with E-state index in [-0.39, 0.29) is 10.6 Å². The first-order chi connectivity index (χ1) is 9.56. The van der Waals surface area contributed by atoms with Crippen molar-refractivity contribution in [2.45, 2.75) is 0 Å². The molecule has 1 N–H and O–H groups in total. The Morgan fingerprint density at radius 3 is 2.85 bits per heavy atom. The number of hydrogen-bond donors (Lipinski definition) is 1. The molecule has 0 radical (unpaired) electrons. The molecule has 0 spiro atoms. The Hall–Kier alpha value is -1.98. The van der Waals surface area contributed by atoms with Crippen molar-refractivity contribution in [2.75, 3.05) is 0 Å². The van der Waals surface area contributed by atoms with Crippen LogP contribution in [0.4, 0.5) is 4.39 Å². The summed E-state index contributed by atoms with van der Waals surface area (Å²) in [6.45, 7) is 0. The molecule has 100 valence electrons. The maximum Gasteiger partial charge on any atom is 0.335 e. The van der Waals surface area contributed by atoms with E-state index in [2.05, 4.69) is 4.98 Å². The van der Waals surface area contributed by atoms with E-state index >= 15 is 0 Å². The molecular formula is C14H7ClFNO2S. The summed E-state index contributed by atoms with van der Waals surface area (Å²) in [5.74, 6) is -1.50. The van der Waals surface area contributed by atoms with Crippen LogP contribution in [0.5, 0.6) is 0 Å². The van der Waals surface area contributed by atoms with Gasteiger partial charge in [0, 0.05) is 5.56 Å². The van der Waals surface area contributed by atoms with Gasteiger partial charge in [-0.05, 0) is 24.3 Å². The summed E-state index contributed by atoms with van der Waals surface area (Å²) in [5.41, 5.74) is 1.36. The minimum atomic E-state index is -0.995. The molecule has 0 atom stereocenters. The number of carbonyl (C=O) groups is 1. The average Bonchev–Trinajstić information content (AvgIpc) is 2.84. The number of fused-ring (bicyclic) bond motifs is 1. The third-order valence-electron chi connectivity index (χ3n) is 2.82. The van der Waals surface area contributed by atoms with Crippen molar-refractivity contribution in [3.8, 4) is 10.6 Å². The summed E-state index contributed by atoms with van der Waals surface area (Å²) >= 11 is 7.21. The van der Waals surface area contributed by atoms with Crippen molar-refractivity contribution in [3.63, 3.8) is 0 Å². The van der Waals surface area contributed by atoms with Crippen LogP contribution < -0.4 is 0 Å². The molecule has 3 nitrogen and oxygen atoms in total. The average molecular weight is 308 g/mol. The van der Waals surface area contributed by atoms with E-state index in [4.69, 9.17) is 16.7 Å². The van der Waals surface area contributed by atoms with Crippen LogP contribution in [0.2, 0.25) is 5.02 Å². The molecule has 0 aliphatic carbocycles. The van der Waals surface area contributed by atoms with Crippen LogP contribution in [-0.2, 0) is 0 Å². The van der Waals surface area contributed by atoms with Crippen molar-refractivity contribution in [2.24, 2.45) is 0 Å². The lowest BCUT2D eigenvalue weighted by Gasteiger charge is -1.99. The normalized spacial score (nSPS) is 10.9. The standard InChI is InChI=1S/C14H7ClFNO2S/c15-12-8(2-1-3-9(12)16)13-17-10-5-4-7(14(18)19)6-11(10)20-13/h1-6H,(H,18,19). The van der Waals surface area contributed by atoms with Crippen molar-refractivity contribution >= 4 is 39.1 Å². The van der Waals surface area contributed by atoms with E-state index in [1.54, 1.807) is 24.3 Å². The largest absolute Gasteiger partial charge is 0.478 e. The Labute approximate surface area is 122 Å². The molecule has 0 aliphatic rings. The molecule has 2 aromatic carbocycles. The Kier molecular flexibility index (Phi) is 3.16. The maximum atomic E-state index is 13.5. The molecular weight excluding hydrogens is 301 g/mol. The minimum Gasteiger partial charge on any atom is -0.478 e. The highest BCUT2D eigenvalue weighted by Gasteiger charge is 2.13. The number of carboxylic acids is 1. The Morgan fingerprint density at radius 2 is 2.10 bits per heavy atom. The number of thiazole rings is 1. The molecule has 3 rings (SSSR count). The number of nitrogens with zero attached hydrogens (tertiary/aromatic N) is 1. The first-order valence-corrected chi connectivity index (χ1v) is 6.84. The molecule has 20 heavy (non-hydrogen) atoms. The SMILES string of the molecule is O=C(O)c1ccc2nc(-c3cccc(F)c3Cl)sc2c1. The highest BCUT2D eigenvalue weighted by atomic mass is 35.5. The van der Waals surface area contributed by atoms with Crippen molar-refractivity contribution in [3.05, 3.63) is 52.8 Å². The lowest BCUT2D eigenvalue weighted by Crippen LogP contribution is -1.94. The fourth-order valence-corrected chi connectivity index (χ4v) is 3.15. The van der Waals surface area contributed by atoms with Crippen molar-refractivity contribution in [1.29, 1.82) is 0 Å². The summed E-state index contributed by atoms with van der Waals surface area (Å²) in [5, 5.41) is 9.54. The van der Waals surface area contributed by atoms with Gasteiger partial charge in [0.15, 0.2) is 0 Å². The Bertz CT molecular complexity index is 831. The van der Waals surface area contributed by atoms with Crippen LogP contribution in [0.1, 0.15) is 10.4 Å². The third kappa shape index (κ3) is 2.15. The molecule has 0 bridgehead atoms. The van der Waals surface area contributed by atoms with Crippen LogP contribution in [-0.4, -0.2) is 16.1 Å². The zero-order chi connectivity index (χ0) is 14.3. The van der Waals surface area contributed by atoms with Crippen molar-refractivity contribution in [1.82, 2.24) is 4.98 Å². The fraction of sp³-hybridized carbons (Fsp3) is 0. The van der Waals surface area contributed by atoms with Gasteiger partial charge in [-0.1, -0.05) is 23.7 Å². The van der Waals surface area contributed by atoms with Gasteiger partial charge in [0.1, 0.15) is 10.8 Å². The molecule has 0 amide bonds. The number of aromatic nitrogens is 1. The second-order valence-corrected chi connectivity index (χ2v) is 5.52. The number of benzene rings is 2. The van der Waals surface area contributed by atoms with E-state index in [9.17, 15) is 9.18 Å². The highest BCUT2D eigenvalue weighted by Crippen LogP contribution is 2.35. The second kappa shape index (κ2) is 4.85. The van der Waals surface area contributed by atoms with Crippen LogP contribution in [0, 0.1) is 5.82 Å². The molecule has 0 saturated carbocycles. The molecule has 0 aliphatic heterocycles. The van der Waals surface area contributed by atoms with E-state index in [0.717, 1.165) is 4.70 Å². The monoisotopic (exact) mass is 307 g/mol. The van der Waals surface area contributed by atoms with Gasteiger partial charge in [0.25, 0.3) is 0 Å². The van der Waals surface area contributed by atoms with Gasteiger partial charge in [-0.3, -0.25) is 0 Å². The minimum absolute atomic E-state index is 0.0185. The summed E-state index contributed by atoms with van der Waals surface area (Å²) in [6, 6.07) is 9.19. The smallest absolute Gasteiger partial charge is 0.335 e. The summed E-state index contributed by atoms with van der Waals surface area (Å²) in [6.07, 6.45) is 0. The van der Waals surface area contributed by atoms with Crippen LogP contribution in [0.3, 0.4) is 0 Å². The number of hydrogen-bond acceptors (Lipinski definition) is 3. The molecule has 0 unspecified atom stereocenters. The predicted octanol–water partition coefficient (Wildman–Crippen LogP) is 4.45. The zero-order valence-electron chi connectivity index (χ0n) is 9.93.